The summed E-state index contributed by atoms with van der Waals surface area (Å²) in [7, 11) is -3.21. The summed E-state index contributed by atoms with van der Waals surface area (Å²) in [4.78, 5) is 9.78. The van der Waals surface area contributed by atoms with Gasteiger partial charge in [0.25, 0.3) is 0 Å². The number of hydrogen-bond donors (Lipinski definition) is 1. The molecule has 0 atom stereocenters. The number of rotatable bonds is 7. The third kappa shape index (κ3) is 5.79. The van der Waals surface area contributed by atoms with E-state index in [-0.39, 0.29) is 25.5 Å². The van der Waals surface area contributed by atoms with E-state index in [2.05, 4.69) is 4.74 Å². The van der Waals surface area contributed by atoms with Crippen LogP contribution in [-0.4, -0.2) is 28.0 Å². The molecule has 1 aromatic carbocycles. The lowest BCUT2D eigenvalue weighted by Crippen LogP contribution is -2.26. The number of methoxy groups -OCH3 is 1. The van der Waals surface area contributed by atoms with Crippen molar-refractivity contribution in [3.8, 4) is 0 Å². The van der Waals surface area contributed by atoms with Crippen molar-refractivity contribution in [1.82, 2.24) is 4.72 Å². The number of alkyl halides is 3. The van der Waals surface area contributed by atoms with Crippen LogP contribution in [0.5, 0.6) is 0 Å². The monoisotopic (exact) mass is 357 g/mol. The predicted molar refractivity (Wildman–Crippen MR) is 72.5 cm³/mol. The molecule has 130 valence electrons. The molecule has 0 bridgehead atoms. The second-order valence-corrected chi connectivity index (χ2v) is 6.31. The van der Waals surface area contributed by atoms with Gasteiger partial charge >= 0.3 is 12.1 Å². The van der Waals surface area contributed by atoms with Gasteiger partial charge < -0.3 is 4.74 Å². The van der Waals surface area contributed by atoms with Gasteiger partial charge in [0, 0.05) is 13.0 Å². The van der Waals surface area contributed by atoms with Crippen LogP contribution in [0.3, 0.4) is 0 Å². The molecule has 1 rings (SSSR count). The second-order valence-electron chi connectivity index (χ2n) is 4.57. The molecule has 0 aliphatic heterocycles. The fourth-order valence-corrected chi connectivity index (χ4v) is 2.84. The third-order valence-electron chi connectivity index (χ3n) is 2.88. The highest BCUT2D eigenvalue weighted by Gasteiger charge is 2.33. The molecule has 0 aromatic heterocycles. The van der Waals surface area contributed by atoms with E-state index in [1.54, 1.807) is 0 Å². The van der Waals surface area contributed by atoms with Crippen molar-refractivity contribution in [2.24, 2.45) is 0 Å². The topological polar surface area (TPSA) is 72.5 Å². The predicted octanol–water partition coefficient (Wildman–Crippen LogP) is 2.47. The lowest BCUT2D eigenvalue weighted by Gasteiger charge is -2.11. The minimum atomic E-state index is -4.78. The summed E-state index contributed by atoms with van der Waals surface area (Å²) >= 11 is 0. The molecule has 0 spiro atoms. The number of carbonyl (C=O) groups excluding carboxylic acids is 1. The maximum Gasteiger partial charge on any atom is 0.416 e. The van der Waals surface area contributed by atoms with Crippen LogP contribution in [0.1, 0.15) is 24.8 Å². The number of halogens is 4. The fourth-order valence-electron chi connectivity index (χ4n) is 1.67. The van der Waals surface area contributed by atoms with Crippen molar-refractivity contribution in [2.45, 2.75) is 30.3 Å². The molecule has 0 saturated carbocycles. The first-order valence-electron chi connectivity index (χ1n) is 6.51. The smallest absolute Gasteiger partial charge is 0.416 e. The number of hydrogen-bond acceptors (Lipinski definition) is 4. The van der Waals surface area contributed by atoms with Crippen LogP contribution in [0.15, 0.2) is 23.1 Å². The van der Waals surface area contributed by atoms with E-state index >= 15 is 0 Å². The summed E-state index contributed by atoms with van der Waals surface area (Å²) in [6.45, 7) is -0.144. The number of carbonyl (C=O) groups is 1. The van der Waals surface area contributed by atoms with Gasteiger partial charge in [-0.3, -0.25) is 4.79 Å². The summed E-state index contributed by atoms with van der Waals surface area (Å²) in [6, 6.07) is 1.16. The molecular weight excluding hydrogens is 342 g/mol. The number of unbranched alkanes of at least 4 members (excludes halogenated alkanes) is 1. The molecule has 0 aliphatic rings. The number of nitrogens with one attached hydrogen (secondary N) is 1. The van der Waals surface area contributed by atoms with Crippen molar-refractivity contribution in [2.75, 3.05) is 13.7 Å². The zero-order valence-electron chi connectivity index (χ0n) is 12.1. The lowest BCUT2D eigenvalue weighted by atomic mass is 10.2. The Kier molecular flexibility index (Phi) is 6.51. The average Bonchev–Trinajstić information content (AvgIpc) is 2.45. The van der Waals surface area contributed by atoms with Crippen LogP contribution in [-0.2, 0) is 25.7 Å². The number of ether oxygens (including phenoxy) is 1. The summed E-state index contributed by atoms with van der Waals surface area (Å²) in [5.41, 5.74) is -1.26. The highest BCUT2D eigenvalue weighted by atomic mass is 32.2. The van der Waals surface area contributed by atoms with Gasteiger partial charge in [-0.2, -0.15) is 13.2 Å². The third-order valence-corrected chi connectivity index (χ3v) is 4.35. The summed E-state index contributed by atoms with van der Waals surface area (Å²) < 4.78 is 81.4. The molecular formula is C13H15F4NO4S. The molecule has 0 aliphatic carbocycles. The van der Waals surface area contributed by atoms with Gasteiger partial charge in [-0.1, -0.05) is 0 Å². The van der Waals surface area contributed by atoms with Crippen molar-refractivity contribution in [1.29, 1.82) is 0 Å². The average molecular weight is 357 g/mol. The maximum atomic E-state index is 13.5. The Balaban J connectivity index is 2.75. The lowest BCUT2D eigenvalue weighted by molar-refractivity contribution is -0.140. The van der Waals surface area contributed by atoms with Crippen LogP contribution >= 0.6 is 0 Å². The molecule has 0 unspecified atom stereocenters. The van der Waals surface area contributed by atoms with Crippen molar-refractivity contribution in [3.63, 3.8) is 0 Å². The molecule has 0 saturated heterocycles. The van der Waals surface area contributed by atoms with Gasteiger partial charge in [0.15, 0.2) is 0 Å². The highest BCUT2D eigenvalue weighted by Crippen LogP contribution is 2.31. The van der Waals surface area contributed by atoms with Gasteiger partial charge in [0.2, 0.25) is 10.0 Å². The van der Waals surface area contributed by atoms with Crippen molar-refractivity contribution < 1.29 is 35.5 Å². The first kappa shape index (κ1) is 19.4. The molecule has 0 fully saturated rings. The Morgan fingerprint density at radius 1 is 1.26 bits per heavy atom. The van der Waals surface area contributed by atoms with Crippen molar-refractivity contribution >= 4 is 16.0 Å². The Hall–Kier alpha value is -1.68. The van der Waals surface area contributed by atoms with Crippen LogP contribution in [0.4, 0.5) is 17.6 Å². The van der Waals surface area contributed by atoms with Gasteiger partial charge in [0.05, 0.1) is 12.7 Å². The quantitative estimate of drug-likeness (QED) is 0.462. The Labute approximate surface area is 130 Å². The van der Waals surface area contributed by atoms with E-state index in [4.69, 9.17) is 0 Å². The van der Waals surface area contributed by atoms with E-state index in [0.717, 1.165) is 0 Å². The minimum absolute atomic E-state index is 0.0795. The SMILES string of the molecule is COC(=O)CCCCNS(=O)(=O)c1cc(C(F)(F)F)ccc1F. The highest BCUT2D eigenvalue weighted by molar-refractivity contribution is 7.89. The number of esters is 1. The van der Waals surface area contributed by atoms with Crippen LogP contribution in [0, 0.1) is 5.82 Å². The van der Waals surface area contributed by atoms with Crippen LogP contribution < -0.4 is 4.72 Å². The molecule has 0 heterocycles. The normalized spacial score (nSPS) is 12.2. The minimum Gasteiger partial charge on any atom is -0.469 e. The summed E-state index contributed by atoms with van der Waals surface area (Å²) in [5.74, 6) is -1.74. The van der Waals surface area contributed by atoms with Gasteiger partial charge in [-0.25, -0.2) is 17.5 Å². The fraction of sp³-hybridized carbons (Fsp3) is 0.462. The van der Waals surface area contributed by atoms with Gasteiger partial charge in [0.1, 0.15) is 10.7 Å². The standard InChI is InChI=1S/C13H15F4NO4S/c1-22-12(19)4-2-3-7-18-23(20,21)11-8-9(13(15,16)17)5-6-10(11)14/h5-6,8,18H,2-4,7H2,1H3. The maximum absolute atomic E-state index is 13.5. The number of sulfonamides is 1. The molecule has 1 aromatic rings. The molecule has 10 heteroatoms. The van der Waals surface area contributed by atoms with E-state index in [0.29, 0.717) is 18.6 Å². The van der Waals surface area contributed by atoms with Gasteiger partial charge in [-0.15, -0.1) is 0 Å². The first-order chi connectivity index (χ1) is 10.6. The van der Waals surface area contributed by atoms with E-state index in [1.807, 2.05) is 4.72 Å². The molecule has 0 radical (unpaired) electrons. The molecule has 5 nitrogen and oxygen atoms in total. The molecule has 0 amide bonds. The van der Waals surface area contributed by atoms with Crippen molar-refractivity contribution in [3.05, 3.63) is 29.6 Å². The molecule has 1 N–H and O–H groups in total. The first-order valence-corrected chi connectivity index (χ1v) is 7.99. The molecule has 23 heavy (non-hydrogen) atoms. The second kappa shape index (κ2) is 7.73. The van der Waals surface area contributed by atoms with E-state index in [1.165, 1.54) is 7.11 Å². The van der Waals surface area contributed by atoms with Crippen LogP contribution in [0.25, 0.3) is 0 Å². The van der Waals surface area contributed by atoms with E-state index < -0.39 is 38.4 Å². The summed E-state index contributed by atoms with van der Waals surface area (Å²) in [5, 5.41) is 0. The summed E-state index contributed by atoms with van der Waals surface area (Å²) in [6.07, 6.45) is -4.14. The Bertz CT molecular complexity index is 658. The van der Waals surface area contributed by atoms with Gasteiger partial charge in [-0.05, 0) is 31.0 Å². The zero-order chi connectivity index (χ0) is 17.7. The largest absolute Gasteiger partial charge is 0.469 e. The Morgan fingerprint density at radius 2 is 1.91 bits per heavy atom. The van der Waals surface area contributed by atoms with Crippen LogP contribution in [0.2, 0.25) is 0 Å². The number of benzene rings is 1. The zero-order valence-corrected chi connectivity index (χ0v) is 12.9. The van der Waals surface area contributed by atoms with E-state index in [9.17, 15) is 30.8 Å². The Morgan fingerprint density at radius 3 is 2.48 bits per heavy atom.